The highest BCUT2D eigenvalue weighted by atomic mass is 35.5. The Labute approximate surface area is 118 Å². The van der Waals surface area contributed by atoms with Gasteiger partial charge in [-0.05, 0) is 24.1 Å². The summed E-state index contributed by atoms with van der Waals surface area (Å²) in [6, 6.07) is 5.88. The molecule has 1 atom stereocenters. The van der Waals surface area contributed by atoms with Crippen LogP contribution in [-0.2, 0) is 0 Å². The molecule has 0 aliphatic carbocycles. The Balaban J connectivity index is 1.93. The zero-order chi connectivity index (χ0) is 13.7. The van der Waals surface area contributed by atoms with Crippen LogP contribution >= 0.6 is 11.6 Å². The number of hydrogen-bond acceptors (Lipinski definition) is 1. The van der Waals surface area contributed by atoms with Crippen molar-refractivity contribution in [1.29, 1.82) is 0 Å². The number of aromatic amines is 2. The maximum atomic E-state index is 11.2. The normalized spacial score (nSPS) is 12.9. The van der Waals surface area contributed by atoms with Gasteiger partial charge in [0, 0.05) is 0 Å². The summed E-state index contributed by atoms with van der Waals surface area (Å²) in [7, 11) is 0. The number of nitrogens with one attached hydrogen (secondary N) is 2. The van der Waals surface area contributed by atoms with Crippen molar-refractivity contribution in [3.05, 3.63) is 34.2 Å². The van der Waals surface area contributed by atoms with Gasteiger partial charge in [0.05, 0.1) is 16.4 Å². The van der Waals surface area contributed by atoms with Gasteiger partial charge in [0.2, 0.25) is 0 Å². The first-order valence-corrected chi connectivity index (χ1v) is 7.50. The van der Waals surface area contributed by atoms with Crippen LogP contribution in [0.1, 0.15) is 56.4 Å². The van der Waals surface area contributed by atoms with Gasteiger partial charge < -0.3 is 9.97 Å². The second-order valence-electron chi connectivity index (χ2n) is 5.05. The van der Waals surface area contributed by atoms with E-state index in [-0.39, 0.29) is 11.1 Å². The minimum absolute atomic E-state index is 0.0319. The molecule has 2 rings (SSSR count). The quantitative estimate of drug-likeness (QED) is 0.569. The Morgan fingerprint density at radius 1 is 1.11 bits per heavy atom. The van der Waals surface area contributed by atoms with E-state index in [4.69, 9.17) is 11.6 Å². The lowest BCUT2D eigenvalue weighted by atomic mass is 10.0. The number of H-pyrrole nitrogens is 2. The average Bonchev–Trinajstić information content (AvgIpc) is 2.77. The predicted molar refractivity (Wildman–Crippen MR) is 80.9 cm³/mol. The number of imidazole rings is 1. The molecule has 1 unspecified atom stereocenters. The molecule has 0 aliphatic rings. The first kappa shape index (κ1) is 14.2. The summed E-state index contributed by atoms with van der Waals surface area (Å²) in [4.78, 5) is 16.7. The molecule has 0 bridgehead atoms. The minimum Gasteiger partial charge on any atom is -0.306 e. The molecule has 0 aliphatic heterocycles. The Kier molecular flexibility index (Phi) is 5.08. The number of aromatic nitrogens is 2. The third kappa shape index (κ3) is 3.87. The fraction of sp³-hybridized carbons (Fsp3) is 0.533. The molecule has 0 fully saturated rings. The molecule has 19 heavy (non-hydrogen) atoms. The third-order valence-electron chi connectivity index (χ3n) is 3.46. The van der Waals surface area contributed by atoms with Crippen molar-refractivity contribution in [1.82, 2.24) is 9.97 Å². The lowest BCUT2D eigenvalue weighted by Crippen LogP contribution is -1.99. The van der Waals surface area contributed by atoms with Crippen LogP contribution in [-0.4, -0.2) is 9.97 Å². The standard InChI is InChI=1S/C15H21ClN2O/c1-2-3-4-5-6-7-12(16)11-8-9-13-14(10-11)18-15(19)17-13/h8-10,12H,2-7H2,1H3,(H2,17,18,19). The Hall–Kier alpha value is -1.22. The summed E-state index contributed by atoms with van der Waals surface area (Å²) in [6.45, 7) is 2.22. The van der Waals surface area contributed by atoms with Crippen molar-refractivity contribution in [2.45, 2.75) is 50.8 Å². The molecule has 1 aromatic carbocycles. The molecule has 0 amide bonds. The summed E-state index contributed by atoms with van der Waals surface area (Å²) in [6.07, 6.45) is 7.27. The molecule has 0 saturated carbocycles. The summed E-state index contributed by atoms with van der Waals surface area (Å²) in [5, 5.41) is 0.0319. The van der Waals surface area contributed by atoms with E-state index in [1.165, 1.54) is 25.7 Å². The van der Waals surface area contributed by atoms with Crippen molar-refractivity contribution in [3.8, 4) is 0 Å². The van der Waals surface area contributed by atoms with E-state index in [1.807, 2.05) is 18.2 Å². The van der Waals surface area contributed by atoms with Crippen LogP contribution in [0.2, 0.25) is 0 Å². The van der Waals surface area contributed by atoms with Crippen molar-refractivity contribution >= 4 is 22.6 Å². The molecule has 104 valence electrons. The number of benzene rings is 1. The summed E-state index contributed by atoms with van der Waals surface area (Å²) in [5.74, 6) is 0. The zero-order valence-corrected chi connectivity index (χ0v) is 12.1. The maximum absolute atomic E-state index is 11.2. The number of fused-ring (bicyclic) bond motifs is 1. The molecular formula is C15H21ClN2O. The monoisotopic (exact) mass is 280 g/mol. The molecule has 0 radical (unpaired) electrons. The van der Waals surface area contributed by atoms with Crippen LogP contribution in [0.15, 0.2) is 23.0 Å². The van der Waals surface area contributed by atoms with Gasteiger partial charge in [-0.2, -0.15) is 0 Å². The lowest BCUT2D eigenvalue weighted by Gasteiger charge is -2.09. The van der Waals surface area contributed by atoms with E-state index >= 15 is 0 Å². The van der Waals surface area contributed by atoms with Gasteiger partial charge in [0.25, 0.3) is 0 Å². The fourth-order valence-electron chi connectivity index (χ4n) is 2.34. The van der Waals surface area contributed by atoms with E-state index < -0.39 is 0 Å². The van der Waals surface area contributed by atoms with Gasteiger partial charge >= 0.3 is 5.69 Å². The van der Waals surface area contributed by atoms with Gasteiger partial charge in [0.15, 0.2) is 0 Å². The molecule has 4 heteroatoms. The Morgan fingerprint density at radius 3 is 2.63 bits per heavy atom. The van der Waals surface area contributed by atoms with Crippen molar-refractivity contribution < 1.29 is 0 Å². The molecule has 2 aromatic rings. The number of hydrogen-bond donors (Lipinski definition) is 2. The molecule has 1 heterocycles. The second kappa shape index (κ2) is 6.80. The number of alkyl halides is 1. The Morgan fingerprint density at radius 2 is 1.84 bits per heavy atom. The lowest BCUT2D eigenvalue weighted by molar-refractivity contribution is 0.601. The number of rotatable bonds is 7. The molecule has 0 saturated heterocycles. The van der Waals surface area contributed by atoms with Gasteiger partial charge in [-0.1, -0.05) is 45.1 Å². The minimum atomic E-state index is -0.169. The fourth-order valence-corrected chi connectivity index (χ4v) is 2.63. The topological polar surface area (TPSA) is 48.6 Å². The van der Waals surface area contributed by atoms with Crippen LogP contribution in [0.3, 0.4) is 0 Å². The van der Waals surface area contributed by atoms with E-state index in [9.17, 15) is 4.79 Å². The van der Waals surface area contributed by atoms with E-state index in [2.05, 4.69) is 16.9 Å². The van der Waals surface area contributed by atoms with Crippen LogP contribution in [0.4, 0.5) is 0 Å². The number of halogens is 1. The van der Waals surface area contributed by atoms with E-state index in [1.54, 1.807) is 0 Å². The highest BCUT2D eigenvalue weighted by Crippen LogP contribution is 2.28. The van der Waals surface area contributed by atoms with Crippen molar-refractivity contribution in [2.24, 2.45) is 0 Å². The van der Waals surface area contributed by atoms with Crippen molar-refractivity contribution in [3.63, 3.8) is 0 Å². The van der Waals surface area contributed by atoms with Gasteiger partial charge in [-0.15, -0.1) is 11.6 Å². The maximum Gasteiger partial charge on any atom is 0.323 e. The van der Waals surface area contributed by atoms with Crippen LogP contribution in [0.5, 0.6) is 0 Å². The largest absolute Gasteiger partial charge is 0.323 e. The smallest absolute Gasteiger partial charge is 0.306 e. The zero-order valence-electron chi connectivity index (χ0n) is 11.3. The first-order chi connectivity index (χ1) is 9.20. The SMILES string of the molecule is CCCCCCCC(Cl)c1ccc2[nH]c(=O)[nH]c2c1. The summed E-state index contributed by atoms with van der Waals surface area (Å²) >= 11 is 6.42. The highest BCUT2D eigenvalue weighted by molar-refractivity contribution is 6.20. The third-order valence-corrected chi connectivity index (χ3v) is 3.93. The van der Waals surface area contributed by atoms with Crippen LogP contribution < -0.4 is 5.69 Å². The van der Waals surface area contributed by atoms with Gasteiger partial charge in [-0.25, -0.2) is 4.79 Å². The number of unbranched alkanes of at least 4 members (excludes halogenated alkanes) is 4. The molecule has 1 aromatic heterocycles. The predicted octanol–water partition coefficient (Wildman–Crippen LogP) is 4.50. The first-order valence-electron chi connectivity index (χ1n) is 7.06. The second-order valence-corrected chi connectivity index (χ2v) is 5.58. The van der Waals surface area contributed by atoms with Crippen LogP contribution in [0, 0.1) is 0 Å². The summed E-state index contributed by atoms with van der Waals surface area (Å²) in [5.41, 5.74) is 2.58. The molecule has 0 spiro atoms. The molecule has 2 N–H and O–H groups in total. The van der Waals surface area contributed by atoms with Gasteiger partial charge in [-0.3, -0.25) is 0 Å². The summed E-state index contributed by atoms with van der Waals surface area (Å²) < 4.78 is 0. The van der Waals surface area contributed by atoms with Gasteiger partial charge in [0.1, 0.15) is 0 Å². The average molecular weight is 281 g/mol. The highest BCUT2D eigenvalue weighted by Gasteiger charge is 2.09. The van der Waals surface area contributed by atoms with Crippen molar-refractivity contribution in [2.75, 3.05) is 0 Å². The molecular weight excluding hydrogens is 260 g/mol. The van der Waals surface area contributed by atoms with Crippen LogP contribution in [0.25, 0.3) is 11.0 Å². The van der Waals surface area contributed by atoms with E-state index in [0.717, 1.165) is 29.4 Å². The van der Waals surface area contributed by atoms with E-state index in [0.29, 0.717) is 0 Å². The molecule has 3 nitrogen and oxygen atoms in total. The Bertz CT molecular complexity index is 573.